The van der Waals surface area contributed by atoms with E-state index < -0.39 is 21.7 Å². The Morgan fingerprint density at radius 2 is 1.80 bits per heavy atom. The second-order valence-electron chi connectivity index (χ2n) is 5.32. The Morgan fingerprint density at radius 3 is 2.44 bits per heavy atom. The number of amides is 1. The summed E-state index contributed by atoms with van der Waals surface area (Å²) in [5.74, 6) is -1.41. The third-order valence-corrected chi connectivity index (χ3v) is 5.94. The van der Waals surface area contributed by atoms with E-state index in [1.807, 2.05) is 0 Å². The Balaban J connectivity index is 2.26. The monoisotopic (exact) mass is 404 g/mol. The lowest BCUT2D eigenvalue weighted by atomic mass is 10.2. The number of nitrogens with one attached hydrogen (secondary N) is 1. The van der Waals surface area contributed by atoms with Crippen LogP contribution >= 0.6 is 23.2 Å². The van der Waals surface area contributed by atoms with Crippen LogP contribution in [0.15, 0.2) is 41.3 Å². The number of hydrogen-bond donors (Lipinski definition) is 1. The molecule has 134 valence electrons. The van der Waals surface area contributed by atoms with Gasteiger partial charge in [-0.2, -0.15) is 0 Å². The molecule has 0 spiro atoms. The maximum absolute atomic E-state index is 13.5. The van der Waals surface area contributed by atoms with Gasteiger partial charge in [0, 0.05) is 20.6 Å². The third-order valence-electron chi connectivity index (χ3n) is 3.43. The molecule has 5 nitrogen and oxygen atoms in total. The van der Waals surface area contributed by atoms with E-state index in [4.69, 9.17) is 23.2 Å². The Bertz CT molecular complexity index is 918. The molecule has 25 heavy (non-hydrogen) atoms. The Kier molecular flexibility index (Phi) is 6.05. The largest absolute Gasteiger partial charge is 0.348 e. The number of sulfonamides is 1. The summed E-state index contributed by atoms with van der Waals surface area (Å²) in [7, 11) is -0.827. The standard InChI is InChI=1S/C16H15Cl2FN2O3S/c1-21(2)25(23,24)15-6-4-3-5-10(15)9-20-16(22)11-7-14(19)13(18)8-12(11)17/h3-8H,9H2,1-2H3,(H,20,22). The summed E-state index contributed by atoms with van der Waals surface area (Å²) in [5, 5.41) is 2.35. The van der Waals surface area contributed by atoms with Crippen molar-refractivity contribution in [2.45, 2.75) is 11.4 Å². The van der Waals surface area contributed by atoms with Gasteiger partial charge in [0.2, 0.25) is 10.0 Å². The van der Waals surface area contributed by atoms with E-state index in [1.54, 1.807) is 18.2 Å². The lowest BCUT2D eigenvalue weighted by Crippen LogP contribution is -2.27. The second kappa shape index (κ2) is 7.70. The topological polar surface area (TPSA) is 66.5 Å². The highest BCUT2D eigenvalue weighted by Crippen LogP contribution is 2.24. The van der Waals surface area contributed by atoms with Crippen LogP contribution in [0.25, 0.3) is 0 Å². The third kappa shape index (κ3) is 4.30. The number of halogens is 3. The molecule has 0 aliphatic carbocycles. The number of carbonyl (C=O) groups excluding carboxylic acids is 1. The van der Waals surface area contributed by atoms with Gasteiger partial charge in [-0.1, -0.05) is 41.4 Å². The van der Waals surface area contributed by atoms with Gasteiger partial charge in [-0.05, 0) is 23.8 Å². The minimum absolute atomic E-state index is 0.00176. The van der Waals surface area contributed by atoms with Crippen LogP contribution < -0.4 is 5.32 Å². The first-order valence-corrected chi connectivity index (χ1v) is 9.27. The van der Waals surface area contributed by atoms with E-state index in [0.29, 0.717) is 5.56 Å². The van der Waals surface area contributed by atoms with Crippen molar-refractivity contribution < 1.29 is 17.6 Å². The van der Waals surface area contributed by atoms with E-state index in [1.165, 1.54) is 20.2 Å². The van der Waals surface area contributed by atoms with Crippen LogP contribution in [0.1, 0.15) is 15.9 Å². The van der Waals surface area contributed by atoms with Crippen molar-refractivity contribution in [2.24, 2.45) is 0 Å². The molecule has 0 saturated carbocycles. The van der Waals surface area contributed by atoms with E-state index in [2.05, 4.69) is 5.32 Å². The molecule has 0 aromatic heterocycles. The first-order chi connectivity index (χ1) is 11.6. The summed E-state index contributed by atoms with van der Waals surface area (Å²) >= 11 is 11.5. The SMILES string of the molecule is CN(C)S(=O)(=O)c1ccccc1CNC(=O)c1cc(F)c(Cl)cc1Cl. The highest BCUT2D eigenvalue weighted by Gasteiger charge is 2.21. The molecule has 0 aliphatic rings. The molecule has 0 atom stereocenters. The van der Waals surface area contributed by atoms with E-state index in [9.17, 15) is 17.6 Å². The normalized spacial score (nSPS) is 11.6. The molecule has 0 unspecified atom stereocenters. The molecule has 2 aromatic rings. The predicted octanol–water partition coefficient (Wildman–Crippen LogP) is 3.31. The highest BCUT2D eigenvalue weighted by molar-refractivity contribution is 7.89. The number of benzene rings is 2. The highest BCUT2D eigenvalue weighted by atomic mass is 35.5. The Hall–Kier alpha value is -1.67. The number of rotatable bonds is 5. The molecular weight excluding hydrogens is 390 g/mol. The molecule has 0 radical (unpaired) electrons. The molecule has 0 saturated heterocycles. The van der Waals surface area contributed by atoms with Gasteiger partial charge in [0.25, 0.3) is 5.91 Å². The summed E-state index contributed by atoms with van der Waals surface area (Å²) in [5.41, 5.74) is 0.312. The van der Waals surface area contributed by atoms with Gasteiger partial charge in [-0.15, -0.1) is 0 Å². The molecule has 0 heterocycles. The zero-order valence-corrected chi connectivity index (χ0v) is 15.7. The van der Waals surface area contributed by atoms with Crippen molar-refractivity contribution in [1.29, 1.82) is 0 Å². The maximum Gasteiger partial charge on any atom is 0.253 e. The molecule has 2 rings (SSSR count). The van der Waals surface area contributed by atoms with Crippen molar-refractivity contribution >= 4 is 39.1 Å². The first kappa shape index (κ1) is 19.7. The molecule has 9 heteroatoms. The van der Waals surface area contributed by atoms with E-state index >= 15 is 0 Å². The predicted molar refractivity (Wildman–Crippen MR) is 94.9 cm³/mol. The van der Waals surface area contributed by atoms with Crippen LogP contribution in [-0.4, -0.2) is 32.7 Å². The summed E-state index contributed by atoms with van der Waals surface area (Å²) in [6, 6.07) is 8.35. The lowest BCUT2D eigenvalue weighted by Gasteiger charge is -2.15. The first-order valence-electron chi connectivity index (χ1n) is 7.07. The van der Waals surface area contributed by atoms with Crippen LogP contribution in [0.4, 0.5) is 4.39 Å². The molecule has 0 bridgehead atoms. The minimum atomic E-state index is -3.66. The van der Waals surface area contributed by atoms with Crippen LogP contribution in [0, 0.1) is 5.82 Å². The summed E-state index contributed by atoms with van der Waals surface area (Å²) in [4.78, 5) is 12.3. The van der Waals surface area contributed by atoms with Gasteiger partial charge in [-0.25, -0.2) is 17.1 Å². The van der Waals surface area contributed by atoms with Crippen molar-refractivity contribution in [3.8, 4) is 0 Å². The Labute approximate surface area is 155 Å². The van der Waals surface area contributed by atoms with Crippen LogP contribution in [-0.2, 0) is 16.6 Å². The van der Waals surface area contributed by atoms with Gasteiger partial charge >= 0.3 is 0 Å². The maximum atomic E-state index is 13.5. The molecular formula is C16H15Cl2FN2O3S. The van der Waals surface area contributed by atoms with Crippen molar-refractivity contribution in [1.82, 2.24) is 9.62 Å². The molecule has 2 aromatic carbocycles. The van der Waals surface area contributed by atoms with Gasteiger partial charge in [0.05, 0.1) is 20.5 Å². The van der Waals surface area contributed by atoms with Crippen molar-refractivity contribution in [2.75, 3.05) is 14.1 Å². The van der Waals surface area contributed by atoms with Gasteiger partial charge in [0.1, 0.15) is 5.82 Å². The smallest absolute Gasteiger partial charge is 0.253 e. The molecule has 1 amide bonds. The van der Waals surface area contributed by atoms with E-state index in [0.717, 1.165) is 16.4 Å². The molecule has 0 fully saturated rings. The Morgan fingerprint density at radius 1 is 1.16 bits per heavy atom. The average molecular weight is 405 g/mol. The van der Waals surface area contributed by atoms with Gasteiger partial charge in [-0.3, -0.25) is 4.79 Å². The summed E-state index contributed by atoms with van der Waals surface area (Å²) in [6.07, 6.45) is 0. The molecule has 0 aliphatic heterocycles. The van der Waals surface area contributed by atoms with Crippen molar-refractivity contribution in [3.05, 3.63) is 63.4 Å². The fraction of sp³-hybridized carbons (Fsp3) is 0.188. The van der Waals surface area contributed by atoms with Gasteiger partial charge in [0.15, 0.2) is 0 Å². The zero-order valence-electron chi connectivity index (χ0n) is 13.4. The number of hydrogen-bond acceptors (Lipinski definition) is 3. The quantitative estimate of drug-likeness (QED) is 0.777. The average Bonchev–Trinajstić information content (AvgIpc) is 2.56. The summed E-state index contributed by atoms with van der Waals surface area (Å²) in [6.45, 7) is -0.0668. The fourth-order valence-electron chi connectivity index (χ4n) is 2.07. The lowest BCUT2D eigenvalue weighted by molar-refractivity contribution is 0.0950. The number of nitrogens with zero attached hydrogens (tertiary/aromatic N) is 1. The zero-order chi connectivity index (χ0) is 18.8. The minimum Gasteiger partial charge on any atom is -0.348 e. The number of carbonyl (C=O) groups is 1. The fourth-order valence-corrected chi connectivity index (χ4v) is 3.65. The van der Waals surface area contributed by atoms with Crippen LogP contribution in [0.3, 0.4) is 0 Å². The van der Waals surface area contributed by atoms with Crippen LogP contribution in [0.5, 0.6) is 0 Å². The van der Waals surface area contributed by atoms with E-state index in [-0.39, 0.29) is 27.0 Å². The summed E-state index contributed by atoms with van der Waals surface area (Å²) < 4.78 is 39.3. The molecule has 1 N–H and O–H groups in total. The van der Waals surface area contributed by atoms with Crippen molar-refractivity contribution in [3.63, 3.8) is 0 Å². The van der Waals surface area contributed by atoms with Gasteiger partial charge < -0.3 is 5.32 Å². The second-order valence-corrected chi connectivity index (χ2v) is 8.26. The van der Waals surface area contributed by atoms with Crippen LogP contribution in [0.2, 0.25) is 10.0 Å².